The predicted molar refractivity (Wildman–Crippen MR) is 65.5 cm³/mol. The molecule has 0 fully saturated rings. The topological polar surface area (TPSA) is 79.1 Å². The van der Waals surface area contributed by atoms with E-state index in [0.717, 1.165) is 22.3 Å². The molecular weight excluding hydrogens is 232 g/mol. The molecule has 2 heterocycles. The molecule has 3 rings (SSSR count). The van der Waals surface area contributed by atoms with Crippen LogP contribution in [0.25, 0.3) is 22.2 Å². The van der Waals surface area contributed by atoms with E-state index in [2.05, 4.69) is 10.2 Å². The van der Waals surface area contributed by atoms with Crippen molar-refractivity contribution in [1.82, 2.24) is 10.2 Å². The number of rotatable bonds is 2. The van der Waals surface area contributed by atoms with Crippen molar-refractivity contribution in [2.75, 3.05) is 0 Å². The Bertz CT molecular complexity index is 740. The summed E-state index contributed by atoms with van der Waals surface area (Å²) in [5.74, 6) is -0.212. The first-order chi connectivity index (χ1) is 8.65. The Morgan fingerprint density at radius 1 is 1.39 bits per heavy atom. The number of nitrogens with zero attached hydrogens (tertiary/aromatic N) is 1. The maximum absolute atomic E-state index is 10.8. The summed E-state index contributed by atoms with van der Waals surface area (Å²) < 4.78 is 5.53. The average Bonchev–Trinajstić information content (AvgIpc) is 2.92. The Labute approximate surface area is 102 Å². The zero-order valence-corrected chi connectivity index (χ0v) is 9.60. The molecule has 5 heteroatoms. The van der Waals surface area contributed by atoms with Gasteiger partial charge in [-0.3, -0.25) is 5.10 Å². The van der Waals surface area contributed by atoms with Crippen molar-refractivity contribution in [2.45, 2.75) is 6.92 Å². The molecule has 0 spiro atoms. The van der Waals surface area contributed by atoms with E-state index in [-0.39, 0.29) is 5.69 Å². The highest BCUT2D eigenvalue weighted by Crippen LogP contribution is 2.29. The van der Waals surface area contributed by atoms with E-state index in [1.165, 1.54) is 6.07 Å². The first-order valence-electron chi connectivity index (χ1n) is 5.43. The molecule has 3 aromatic rings. The number of fused-ring (bicyclic) bond motifs is 1. The third-order valence-corrected chi connectivity index (χ3v) is 2.77. The molecular formula is C13H10N2O3. The van der Waals surface area contributed by atoms with Gasteiger partial charge in [-0.25, -0.2) is 4.79 Å². The number of carboxylic acid groups (broad SMARTS) is 1. The molecule has 0 bridgehead atoms. The van der Waals surface area contributed by atoms with Gasteiger partial charge < -0.3 is 9.52 Å². The molecule has 5 nitrogen and oxygen atoms in total. The van der Waals surface area contributed by atoms with E-state index in [1.807, 2.05) is 31.2 Å². The summed E-state index contributed by atoms with van der Waals surface area (Å²) in [5, 5.41) is 16.3. The number of aromatic nitrogens is 2. The number of carbonyl (C=O) groups is 1. The highest BCUT2D eigenvalue weighted by molar-refractivity contribution is 5.95. The molecule has 18 heavy (non-hydrogen) atoms. The van der Waals surface area contributed by atoms with Crippen molar-refractivity contribution in [3.63, 3.8) is 0 Å². The van der Waals surface area contributed by atoms with E-state index in [0.29, 0.717) is 5.69 Å². The van der Waals surface area contributed by atoms with Gasteiger partial charge in [-0.1, -0.05) is 12.1 Å². The Kier molecular flexibility index (Phi) is 2.19. The van der Waals surface area contributed by atoms with Crippen LogP contribution in [0.15, 0.2) is 34.7 Å². The zero-order chi connectivity index (χ0) is 12.7. The molecule has 0 aliphatic carbocycles. The second-order valence-corrected chi connectivity index (χ2v) is 4.05. The standard InChI is InChI=1S/C13H10N2O3/c1-7-5-9-8(3-2-4-12(9)18-7)10-6-11(13(16)17)15-14-10/h2-6H,1H3,(H,14,15)(H,16,17). The summed E-state index contributed by atoms with van der Waals surface area (Å²) >= 11 is 0. The lowest BCUT2D eigenvalue weighted by Crippen LogP contribution is -1.95. The number of aromatic carboxylic acids is 1. The molecule has 0 aliphatic rings. The van der Waals surface area contributed by atoms with Crippen LogP contribution >= 0.6 is 0 Å². The van der Waals surface area contributed by atoms with Crippen LogP contribution in [0.5, 0.6) is 0 Å². The van der Waals surface area contributed by atoms with E-state index < -0.39 is 5.97 Å². The molecule has 0 radical (unpaired) electrons. The van der Waals surface area contributed by atoms with Crippen LogP contribution in [0.3, 0.4) is 0 Å². The average molecular weight is 242 g/mol. The first kappa shape index (κ1) is 10.6. The fourth-order valence-electron chi connectivity index (χ4n) is 1.98. The van der Waals surface area contributed by atoms with Gasteiger partial charge >= 0.3 is 5.97 Å². The number of nitrogens with one attached hydrogen (secondary N) is 1. The SMILES string of the molecule is Cc1cc2c(-c3cc(C(=O)O)[nH]n3)cccc2o1. The third-order valence-electron chi connectivity index (χ3n) is 2.77. The van der Waals surface area contributed by atoms with E-state index >= 15 is 0 Å². The number of benzene rings is 1. The van der Waals surface area contributed by atoms with E-state index in [9.17, 15) is 4.79 Å². The number of furan rings is 1. The Balaban J connectivity index is 2.21. The maximum atomic E-state index is 10.8. The molecule has 0 amide bonds. The van der Waals surface area contributed by atoms with Crippen LogP contribution in [-0.4, -0.2) is 21.3 Å². The van der Waals surface area contributed by atoms with E-state index in [4.69, 9.17) is 9.52 Å². The van der Waals surface area contributed by atoms with Crippen LogP contribution in [0, 0.1) is 6.92 Å². The number of hydrogen-bond acceptors (Lipinski definition) is 3. The Morgan fingerprint density at radius 2 is 2.22 bits per heavy atom. The van der Waals surface area contributed by atoms with Gasteiger partial charge in [0.25, 0.3) is 0 Å². The molecule has 2 N–H and O–H groups in total. The molecule has 0 saturated heterocycles. The number of carboxylic acids is 1. The second-order valence-electron chi connectivity index (χ2n) is 4.05. The van der Waals surface area contributed by atoms with Crippen molar-refractivity contribution in [1.29, 1.82) is 0 Å². The summed E-state index contributed by atoms with van der Waals surface area (Å²) in [6.07, 6.45) is 0. The second kappa shape index (κ2) is 3.73. The zero-order valence-electron chi connectivity index (χ0n) is 9.60. The summed E-state index contributed by atoms with van der Waals surface area (Å²) in [4.78, 5) is 10.8. The van der Waals surface area contributed by atoms with Gasteiger partial charge in [0, 0.05) is 10.9 Å². The molecule has 0 atom stereocenters. The lowest BCUT2D eigenvalue weighted by molar-refractivity contribution is 0.0690. The van der Waals surface area contributed by atoms with Crippen molar-refractivity contribution >= 4 is 16.9 Å². The minimum Gasteiger partial charge on any atom is -0.477 e. The number of H-pyrrole nitrogens is 1. The fourth-order valence-corrected chi connectivity index (χ4v) is 1.98. The normalized spacial score (nSPS) is 10.9. The van der Waals surface area contributed by atoms with Gasteiger partial charge in [-0.15, -0.1) is 0 Å². The fraction of sp³-hybridized carbons (Fsp3) is 0.0769. The minimum absolute atomic E-state index is 0.0715. The van der Waals surface area contributed by atoms with Gasteiger partial charge in [0.2, 0.25) is 0 Å². The smallest absolute Gasteiger partial charge is 0.353 e. The van der Waals surface area contributed by atoms with Gasteiger partial charge in [-0.05, 0) is 25.1 Å². The van der Waals surface area contributed by atoms with Gasteiger partial charge in [0.05, 0.1) is 5.69 Å². The highest BCUT2D eigenvalue weighted by atomic mass is 16.4. The summed E-state index contributed by atoms with van der Waals surface area (Å²) in [5.41, 5.74) is 2.29. The van der Waals surface area contributed by atoms with Gasteiger partial charge in [0.1, 0.15) is 17.0 Å². The van der Waals surface area contributed by atoms with Gasteiger partial charge in [-0.2, -0.15) is 5.10 Å². The predicted octanol–water partition coefficient (Wildman–Crippen LogP) is 2.83. The lowest BCUT2D eigenvalue weighted by Gasteiger charge is -1.96. The van der Waals surface area contributed by atoms with Crippen LogP contribution in [0.1, 0.15) is 16.2 Å². The summed E-state index contributed by atoms with van der Waals surface area (Å²) in [7, 11) is 0. The minimum atomic E-state index is -1.02. The largest absolute Gasteiger partial charge is 0.477 e. The molecule has 0 aliphatic heterocycles. The maximum Gasteiger partial charge on any atom is 0.353 e. The van der Waals surface area contributed by atoms with Crippen molar-refractivity contribution in [3.05, 3.63) is 41.8 Å². The van der Waals surface area contributed by atoms with E-state index in [1.54, 1.807) is 0 Å². The Morgan fingerprint density at radius 3 is 2.94 bits per heavy atom. The molecule has 0 saturated carbocycles. The Hall–Kier alpha value is -2.56. The number of aromatic amines is 1. The lowest BCUT2D eigenvalue weighted by atomic mass is 10.1. The quantitative estimate of drug-likeness (QED) is 0.724. The molecule has 2 aromatic heterocycles. The first-order valence-corrected chi connectivity index (χ1v) is 5.43. The monoisotopic (exact) mass is 242 g/mol. The van der Waals surface area contributed by atoms with Crippen molar-refractivity contribution < 1.29 is 14.3 Å². The molecule has 1 aromatic carbocycles. The highest BCUT2D eigenvalue weighted by Gasteiger charge is 2.13. The molecule has 0 unspecified atom stereocenters. The van der Waals surface area contributed by atoms with Crippen LogP contribution in [-0.2, 0) is 0 Å². The summed E-state index contributed by atoms with van der Waals surface area (Å²) in [6, 6.07) is 9.05. The summed E-state index contributed by atoms with van der Waals surface area (Å²) in [6.45, 7) is 1.87. The van der Waals surface area contributed by atoms with Crippen molar-refractivity contribution in [2.24, 2.45) is 0 Å². The number of hydrogen-bond donors (Lipinski definition) is 2. The third kappa shape index (κ3) is 1.57. The van der Waals surface area contributed by atoms with Crippen LogP contribution < -0.4 is 0 Å². The molecule has 90 valence electrons. The van der Waals surface area contributed by atoms with Crippen molar-refractivity contribution in [3.8, 4) is 11.3 Å². The van der Waals surface area contributed by atoms with Gasteiger partial charge in [0.15, 0.2) is 0 Å². The van der Waals surface area contributed by atoms with Crippen LogP contribution in [0.2, 0.25) is 0 Å². The number of aryl methyl sites for hydroxylation is 1. The van der Waals surface area contributed by atoms with Crippen LogP contribution in [0.4, 0.5) is 0 Å².